The third-order valence-corrected chi connectivity index (χ3v) is 6.48. The van der Waals surface area contributed by atoms with Crippen LogP contribution in [0, 0.1) is 17.3 Å². The number of aromatic carboxylic acids is 1. The summed E-state index contributed by atoms with van der Waals surface area (Å²) >= 11 is 0. The van der Waals surface area contributed by atoms with Gasteiger partial charge in [-0.1, -0.05) is 39.8 Å². The Morgan fingerprint density at radius 3 is 2.25 bits per heavy atom. The summed E-state index contributed by atoms with van der Waals surface area (Å²) in [6.45, 7) is 10.4. The van der Waals surface area contributed by atoms with Crippen molar-refractivity contribution in [2.45, 2.75) is 66.2 Å². The highest BCUT2D eigenvalue weighted by atomic mass is 16.5. The molecule has 3 rings (SSSR count). The van der Waals surface area contributed by atoms with Gasteiger partial charge in [0.2, 0.25) is 11.6 Å². The van der Waals surface area contributed by atoms with Crippen molar-refractivity contribution in [3.8, 4) is 22.8 Å². The molecule has 1 aliphatic carbocycles. The number of carbonyl (C=O) groups is 2. The van der Waals surface area contributed by atoms with E-state index in [0.29, 0.717) is 11.5 Å². The van der Waals surface area contributed by atoms with Crippen LogP contribution in [0.4, 0.5) is 5.69 Å². The number of phenolic OH excluding ortho intramolecular Hbond substituents is 2. The van der Waals surface area contributed by atoms with Crippen molar-refractivity contribution in [3.05, 3.63) is 23.4 Å². The number of hydrogen-bond donors (Lipinski definition) is 4. The van der Waals surface area contributed by atoms with Gasteiger partial charge in [0.05, 0.1) is 5.56 Å². The number of carboxylic acids is 1. The molecule has 1 fully saturated rings. The van der Waals surface area contributed by atoms with Crippen LogP contribution in [-0.4, -0.2) is 32.4 Å². The maximum atomic E-state index is 13.0. The van der Waals surface area contributed by atoms with Crippen molar-refractivity contribution in [1.82, 2.24) is 5.16 Å². The number of aromatic nitrogens is 1. The van der Waals surface area contributed by atoms with Crippen LogP contribution in [0.25, 0.3) is 11.3 Å². The Hall–Kier alpha value is -3.03. The second-order valence-electron chi connectivity index (χ2n) is 10.0. The molecule has 1 saturated carbocycles. The van der Waals surface area contributed by atoms with E-state index in [1.807, 2.05) is 13.8 Å². The van der Waals surface area contributed by atoms with Crippen LogP contribution in [-0.2, 0) is 4.79 Å². The van der Waals surface area contributed by atoms with Crippen molar-refractivity contribution in [2.75, 3.05) is 5.32 Å². The normalized spacial score (nSPS) is 19.2. The number of amides is 1. The first-order valence-corrected chi connectivity index (χ1v) is 11.0. The average molecular weight is 445 g/mol. The van der Waals surface area contributed by atoms with Crippen LogP contribution in [0.1, 0.15) is 82.3 Å². The number of hydrogen-bond acceptors (Lipinski definition) is 6. The molecule has 2 aromatic rings. The Bertz CT molecular complexity index is 1010. The van der Waals surface area contributed by atoms with Crippen molar-refractivity contribution < 1.29 is 29.4 Å². The van der Waals surface area contributed by atoms with E-state index in [4.69, 9.17) is 4.52 Å². The second-order valence-corrected chi connectivity index (χ2v) is 10.0. The monoisotopic (exact) mass is 444 g/mol. The summed E-state index contributed by atoms with van der Waals surface area (Å²) in [7, 11) is 0. The van der Waals surface area contributed by atoms with E-state index in [-0.39, 0.29) is 51.7 Å². The average Bonchev–Trinajstić information content (AvgIpc) is 3.10. The fourth-order valence-corrected chi connectivity index (χ4v) is 4.42. The van der Waals surface area contributed by atoms with Crippen molar-refractivity contribution in [1.29, 1.82) is 0 Å². The third kappa shape index (κ3) is 4.74. The minimum atomic E-state index is -1.35. The minimum absolute atomic E-state index is 0.0569. The third-order valence-electron chi connectivity index (χ3n) is 6.48. The Labute approximate surface area is 187 Å². The van der Waals surface area contributed by atoms with E-state index < -0.39 is 11.7 Å². The molecule has 174 valence electrons. The van der Waals surface area contributed by atoms with Gasteiger partial charge in [-0.2, -0.15) is 0 Å². The Morgan fingerprint density at radius 1 is 1.09 bits per heavy atom. The van der Waals surface area contributed by atoms with Gasteiger partial charge >= 0.3 is 5.97 Å². The van der Waals surface area contributed by atoms with Gasteiger partial charge in [0.15, 0.2) is 5.76 Å². The van der Waals surface area contributed by atoms with Gasteiger partial charge in [0.1, 0.15) is 17.2 Å². The van der Waals surface area contributed by atoms with Gasteiger partial charge in [-0.25, -0.2) is 4.79 Å². The van der Waals surface area contributed by atoms with Crippen LogP contribution in [0.3, 0.4) is 0 Å². The number of nitrogens with one attached hydrogen (secondary N) is 1. The van der Waals surface area contributed by atoms with E-state index in [1.165, 1.54) is 12.1 Å². The molecule has 0 bridgehead atoms. The lowest BCUT2D eigenvalue weighted by atomic mass is 9.69. The van der Waals surface area contributed by atoms with Gasteiger partial charge in [0, 0.05) is 12.0 Å². The number of anilines is 1. The Morgan fingerprint density at radius 2 is 1.72 bits per heavy atom. The topological polar surface area (TPSA) is 133 Å². The van der Waals surface area contributed by atoms with Crippen LogP contribution in [0.2, 0.25) is 0 Å². The van der Waals surface area contributed by atoms with Crippen molar-refractivity contribution in [2.24, 2.45) is 17.3 Å². The first-order valence-electron chi connectivity index (χ1n) is 11.0. The predicted octanol–water partition coefficient (Wildman–Crippen LogP) is 5.37. The van der Waals surface area contributed by atoms with Gasteiger partial charge in [-0.3, -0.25) is 4.79 Å². The number of benzene rings is 1. The molecule has 0 saturated heterocycles. The summed E-state index contributed by atoms with van der Waals surface area (Å²) in [6.07, 6.45) is 3.30. The number of aromatic hydroxyl groups is 2. The maximum absolute atomic E-state index is 13.0. The molecule has 1 aromatic carbocycles. The zero-order valence-electron chi connectivity index (χ0n) is 19.2. The summed E-state index contributed by atoms with van der Waals surface area (Å²) in [6, 6.07) is 2.69. The highest BCUT2D eigenvalue weighted by molar-refractivity contribution is 6.04. The molecule has 0 unspecified atom stereocenters. The Balaban J connectivity index is 1.92. The SMILES string of the molecule is CC(C)c1cc(-c2onc(C(=O)O)c2NC(=O)C2CCC(C(C)(C)C)CC2)c(O)cc1O. The largest absolute Gasteiger partial charge is 0.508 e. The molecule has 8 heteroatoms. The fraction of sp³-hybridized carbons (Fsp3) is 0.542. The van der Waals surface area contributed by atoms with Crippen LogP contribution in [0.15, 0.2) is 16.7 Å². The molecule has 0 spiro atoms. The van der Waals surface area contributed by atoms with Crippen molar-refractivity contribution in [3.63, 3.8) is 0 Å². The maximum Gasteiger partial charge on any atom is 0.360 e. The molecule has 0 atom stereocenters. The van der Waals surface area contributed by atoms with Crippen LogP contribution < -0.4 is 5.32 Å². The number of carbonyl (C=O) groups excluding carboxylic acids is 1. The highest BCUT2D eigenvalue weighted by Crippen LogP contribution is 2.43. The lowest BCUT2D eigenvalue weighted by molar-refractivity contribution is -0.121. The molecule has 4 N–H and O–H groups in total. The van der Waals surface area contributed by atoms with Gasteiger partial charge < -0.3 is 25.2 Å². The Kier molecular flexibility index (Phi) is 6.53. The van der Waals surface area contributed by atoms with E-state index in [2.05, 4.69) is 31.2 Å². The number of phenols is 2. The summed E-state index contributed by atoms with van der Waals surface area (Å²) in [5.74, 6) is -1.85. The van der Waals surface area contributed by atoms with Gasteiger partial charge in [-0.15, -0.1) is 0 Å². The quantitative estimate of drug-likeness (QED) is 0.487. The van der Waals surface area contributed by atoms with Crippen LogP contribution >= 0.6 is 0 Å². The molecule has 1 aromatic heterocycles. The molecule has 32 heavy (non-hydrogen) atoms. The molecular weight excluding hydrogens is 412 g/mol. The fourth-order valence-electron chi connectivity index (χ4n) is 4.42. The first kappa shape index (κ1) is 23.6. The summed E-state index contributed by atoms with van der Waals surface area (Å²) in [5, 5.41) is 36.4. The molecule has 1 amide bonds. The molecular formula is C24H32N2O6. The summed E-state index contributed by atoms with van der Waals surface area (Å²) in [5.41, 5.74) is 0.359. The zero-order chi connectivity index (χ0) is 23.8. The van der Waals surface area contributed by atoms with Gasteiger partial charge in [0.25, 0.3) is 0 Å². The molecule has 1 heterocycles. The van der Waals surface area contributed by atoms with E-state index >= 15 is 0 Å². The van der Waals surface area contributed by atoms with E-state index in [0.717, 1.165) is 25.7 Å². The molecule has 0 radical (unpaired) electrons. The highest BCUT2D eigenvalue weighted by Gasteiger charge is 2.34. The number of carboxylic acid groups (broad SMARTS) is 1. The number of rotatable bonds is 5. The van der Waals surface area contributed by atoms with E-state index in [9.17, 15) is 24.9 Å². The minimum Gasteiger partial charge on any atom is -0.508 e. The zero-order valence-corrected chi connectivity index (χ0v) is 19.2. The second kappa shape index (κ2) is 8.84. The van der Waals surface area contributed by atoms with Gasteiger partial charge in [-0.05, 0) is 54.6 Å². The lowest BCUT2D eigenvalue weighted by Gasteiger charge is -2.36. The molecule has 8 nitrogen and oxygen atoms in total. The number of nitrogens with zero attached hydrogens (tertiary/aromatic N) is 1. The first-order chi connectivity index (χ1) is 14.9. The lowest BCUT2D eigenvalue weighted by Crippen LogP contribution is -2.31. The van der Waals surface area contributed by atoms with Crippen LogP contribution in [0.5, 0.6) is 11.5 Å². The van der Waals surface area contributed by atoms with Crippen molar-refractivity contribution >= 4 is 17.6 Å². The summed E-state index contributed by atoms with van der Waals surface area (Å²) < 4.78 is 5.26. The molecule has 0 aliphatic heterocycles. The van der Waals surface area contributed by atoms with E-state index in [1.54, 1.807) is 0 Å². The summed E-state index contributed by atoms with van der Waals surface area (Å²) in [4.78, 5) is 24.7. The molecule has 1 aliphatic rings. The smallest absolute Gasteiger partial charge is 0.360 e. The standard InChI is InChI=1S/C24H32N2O6/c1-12(2)15-10-16(18(28)11-17(15)27)21-19(20(23(30)31)26-32-21)25-22(29)13-6-8-14(9-7-13)24(3,4)5/h10-14,27-28H,6-9H2,1-5H3,(H,25,29)(H,30,31). The predicted molar refractivity (Wildman–Crippen MR) is 120 cm³/mol.